The van der Waals surface area contributed by atoms with E-state index in [2.05, 4.69) is 0 Å². The first-order valence-corrected chi connectivity index (χ1v) is 7.01. The van der Waals surface area contributed by atoms with Crippen LogP contribution >= 0.6 is 0 Å². The number of hydrogen-bond donors (Lipinski definition) is 3. The molecule has 23 heavy (non-hydrogen) atoms. The lowest BCUT2D eigenvalue weighted by Crippen LogP contribution is -2.41. The average molecular weight is 324 g/mol. The lowest BCUT2D eigenvalue weighted by molar-refractivity contribution is -0.143. The molecule has 0 aliphatic heterocycles. The van der Waals surface area contributed by atoms with Crippen LogP contribution in [0.15, 0.2) is 30.3 Å². The lowest BCUT2D eigenvalue weighted by atomic mass is 10.2. The van der Waals surface area contributed by atoms with E-state index >= 15 is 0 Å². The van der Waals surface area contributed by atoms with Crippen LogP contribution in [0.5, 0.6) is 0 Å². The summed E-state index contributed by atoms with van der Waals surface area (Å²) in [6.45, 7) is -0.221. The largest absolute Gasteiger partial charge is 0.480 e. The minimum atomic E-state index is -1.13. The van der Waals surface area contributed by atoms with Gasteiger partial charge in [0.15, 0.2) is 0 Å². The van der Waals surface area contributed by atoms with Gasteiger partial charge in [0.25, 0.3) is 0 Å². The molecule has 1 aromatic rings. The predicted molar refractivity (Wildman–Crippen MR) is 81.1 cm³/mol. The molecule has 0 heterocycles. The predicted octanol–water partition coefficient (Wildman–Crippen LogP) is 0.0444. The van der Waals surface area contributed by atoms with Crippen LogP contribution in [0.4, 0.5) is 0 Å². The molecule has 0 radical (unpaired) electrons. The summed E-state index contributed by atoms with van der Waals surface area (Å²) in [5, 5.41) is 26.6. The highest BCUT2D eigenvalue weighted by Crippen LogP contribution is 2.04. The van der Waals surface area contributed by atoms with Crippen LogP contribution in [0.1, 0.15) is 5.56 Å². The zero-order valence-electron chi connectivity index (χ0n) is 12.6. The Labute approximate surface area is 133 Å². The molecule has 1 rings (SSSR count). The van der Waals surface area contributed by atoms with Crippen molar-refractivity contribution in [1.82, 2.24) is 9.80 Å². The van der Waals surface area contributed by atoms with Gasteiger partial charge in [0.1, 0.15) is 0 Å². The van der Waals surface area contributed by atoms with Crippen LogP contribution < -0.4 is 0 Å². The number of aliphatic carboxylic acids is 3. The molecule has 8 heteroatoms. The van der Waals surface area contributed by atoms with Gasteiger partial charge >= 0.3 is 17.9 Å². The maximum absolute atomic E-state index is 11.0. The van der Waals surface area contributed by atoms with Crippen molar-refractivity contribution in [2.45, 2.75) is 6.54 Å². The van der Waals surface area contributed by atoms with E-state index < -0.39 is 31.0 Å². The third-order valence-electron chi connectivity index (χ3n) is 3.06. The zero-order valence-corrected chi connectivity index (χ0v) is 12.6. The summed E-state index contributed by atoms with van der Waals surface area (Å²) in [5.41, 5.74) is 0.928. The molecule has 0 aliphatic carbocycles. The monoisotopic (exact) mass is 324 g/mol. The highest BCUT2D eigenvalue weighted by atomic mass is 16.4. The quantitative estimate of drug-likeness (QED) is 0.522. The molecule has 8 nitrogen and oxygen atoms in total. The van der Waals surface area contributed by atoms with Gasteiger partial charge in [0, 0.05) is 19.6 Å². The maximum Gasteiger partial charge on any atom is 0.317 e. The Hall–Kier alpha value is -2.45. The highest BCUT2D eigenvalue weighted by Gasteiger charge is 2.16. The van der Waals surface area contributed by atoms with Crippen LogP contribution in [0.25, 0.3) is 0 Å². The van der Waals surface area contributed by atoms with E-state index in [-0.39, 0.29) is 19.6 Å². The van der Waals surface area contributed by atoms with E-state index in [0.29, 0.717) is 6.54 Å². The Kier molecular flexibility index (Phi) is 7.72. The minimum absolute atomic E-state index is 0.152. The molecule has 0 atom stereocenters. The number of benzene rings is 1. The van der Waals surface area contributed by atoms with Gasteiger partial charge in [-0.2, -0.15) is 0 Å². The molecule has 0 unspecified atom stereocenters. The van der Waals surface area contributed by atoms with Crippen molar-refractivity contribution in [2.24, 2.45) is 0 Å². The van der Waals surface area contributed by atoms with E-state index in [9.17, 15) is 14.4 Å². The third kappa shape index (κ3) is 8.54. The smallest absolute Gasteiger partial charge is 0.317 e. The van der Waals surface area contributed by atoms with Gasteiger partial charge in [-0.3, -0.25) is 24.2 Å². The normalized spacial score (nSPS) is 10.9. The molecule has 0 aromatic heterocycles. The molecule has 0 aliphatic rings. The van der Waals surface area contributed by atoms with Crippen LogP contribution in [0.3, 0.4) is 0 Å². The van der Waals surface area contributed by atoms with Gasteiger partial charge < -0.3 is 15.3 Å². The second-order valence-corrected chi connectivity index (χ2v) is 5.09. The van der Waals surface area contributed by atoms with Gasteiger partial charge in [-0.25, -0.2) is 0 Å². The molecule has 0 amide bonds. The molecular weight excluding hydrogens is 304 g/mol. The van der Waals surface area contributed by atoms with E-state index in [0.717, 1.165) is 5.56 Å². The van der Waals surface area contributed by atoms with Gasteiger partial charge in [0.05, 0.1) is 19.6 Å². The van der Waals surface area contributed by atoms with Crippen LogP contribution in [-0.4, -0.2) is 75.8 Å². The first-order chi connectivity index (χ1) is 10.9. The highest BCUT2D eigenvalue weighted by molar-refractivity contribution is 5.72. The van der Waals surface area contributed by atoms with Crippen molar-refractivity contribution < 1.29 is 29.7 Å². The summed E-state index contributed by atoms with van der Waals surface area (Å²) < 4.78 is 0. The van der Waals surface area contributed by atoms with E-state index in [4.69, 9.17) is 15.3 Å². The molecule has 0 bridgehead atoms. The molecule has 1 aromatic carbocycles. The van der Waals surface area contributed by atoms with Crippen molar-refractivity contribution in [3.63, 3.8) is 0 Å². The number of rotatable bonds is 11. The van der Waals surface area contributed by atoms with Crippen molar-refractivity contribution in [1.29, 1.82) is 0 Å². The van der Waals surface area contributed by atoms with Crippen LogP contribution in [0, 0.1) is 0 Å². The number of nitrogens with zero attached hydrogens (tertiary/aromatic N) is 2. The SMILES string of the molecule is O=C(O)CN(CCN(CC(=O)O)Cc1ccccc1)CC(=O)O. The summed E-state index contributed by atoms with van der Waals surface area (Å²) >= 11 is 0. The van der Waals surface area contributed by atoms with E-state index in [1.165, 1.54) is 4.90 Å². The molecular formula is C15H20N2O6. The Morgan fingerprint density at radius 3 is 1.65 bits per heavy atom. The first kappa shape index (κ1) is 18.6. The summed E-state index contributed by atoms with van der Waals surface area (Å²) in [6.07, 6.45) is 0. The Morgan fingerprint density at radius 2 is 1.17 bits per heavy atom. The van der Waals surface area contributed by atoms with Gasteiger partial charge in [0.2, 0.25) is 0 Å². The molecule has 0 saturated heterocycles. The minimum Gasteiger partial charge on any atom is -0.480 e. The molecule has 0 fully saturated rings. The number of carboxylic acid groups (broad SMARTS) is 3. The second kappa shape index (κ2) is 9.54. The van der Waals surface area contributed by atoms with Crippen LogP contribution in [-0.2, 0) is 20.9 Å². The summed E-state index contributed by atoms with van der Waals surface area (Å²) in [5.74, 6) is -3.25. The Balaban J connectivity index is 2.65. The lowest BCUT2D eigenvalue weighted by Gasteiger charge is -2.24. The number of hydrogen-bond acceptors (Lipinski definition) is 5. The van der Waals surface area contributed by atoms with Crippen molar-refractivity contribution in [3.05, 3.63) is 35.9 Å². The van der Waals surface area contributed by atoms with E-state index in [1.54, 1.807) is 4.90 Å². The average Bonchev–Trinajstić information content (AvgIpc) is 2.44. The van der Waals surface area contributed by atoms with Crippen molar-refractivity contribution in [2.75, 3.05) is 32.7 Å². The van der Waals surface area contributed by atoms with Gasteiger partial charge in [-0.15, -0.1) is 0 Å². The fourth-order valence-corrected chi connectivity index (χ4v) is 2.13. The van der Waals surface area contributed by atoms with Crippen molar-refractivity contribution in [3.8, 4) is 0 Å². The standard InChI is InChI=1S/C15H20N2O6/c18-13(19)9-16(8-12-4-2-1-3-5-12)6-7-17(10-14(20)21)11-15(22)23/h1-5H,6-11H2,(H,18,19)(H,20,21)(H,22,23). The second-order valence-electron chi connectivity index (χ2n) is 5.09. The van der Waals surface area contributed by atoms with Crippen molar-refractivity contribution >= 4 is 17.9 Å². The van der Waals surface area contributed by atoms with E-state index in [1.807, 2.05) is 30.3 Å². The maximum atomic E-state index is 11.0. The van der Waals surface area contributed by atoms with Crippen LogP contribution in [0.2, 0.25) is 0 Å². The molecule has 126 valence electrons. The number of carboxylic acids is 3. The Bertz CT molecular complexity index is 518. The van der Waals surface area contributed by atoms with Gasteiger partial charge in [-0.1, -0.05) is 30.3 Å². The third-order valence-corrected chi connectivity index (χ3v) is 3.06. The fraction of sp³-hybridized carbons (Fsp3) is 0.400. The van der Waals surface area contributed by atoms with Gasteiger partial charge in [-0.05, 0) is 5.56 Å². The summed E-state index contributed by atoms with van der Waals surface area (Å²) in [7, 11) is 0. The molecule has 3 N–H and O–H groups in total. The first-order valence-electron chi connectivity index (χ1n) is 7.01. The summed E-state index contributed by atoms with van der Waals surface area (Å²) in [6, 6.07) is 9.26. The zero-order chi connectivity index (χ0) is 17.2. The number of carbonyl (C=O) groups is 3. The summed E-state index contributed by atoms with van der Waals surface area (Å²) in [4.78, 5) is 35.4. The fourth-order valence-electron chi connectivity index (χ4n) is 2.13. The topological polar surface area (TPSA) is 118 Å². The molecule has 0 saturated carbocycles. The molecule has 0 spiro atoms. The Morgan fingerprint density at radius 1 is 0.739 bits per heavy atom.